The van der Waals surface area contributed by atoms with E-state index in [1.807, 2.05) is 0 Å². The van der Waals surface area contributed by atoms with E-state index in [9.17, 15) is 9.59 Å². The number of carbonyl (C=O) groups excluding carboxylic acids is 1. The van der Waals surface area contributed by atoms with E-state index in [0.29, 0.717) is 0 Å². The SMILES string of the molecule is NC(=O)N(c1ccc(Br)cn1)c1cnccc1C(=O)O. The average Bonchev–Trinajstić information content (AvgIpc) is 2.41. The molecule has 0 spiro atoms. The maximum atomic E-state index is 11.6. The maximum absolute atomic E-state index is 11.6. The van der Waals surface area contributed by atoms with Crippen molar-refractivity contribution in [2.45, 2.75) is 0 Å². The summed E-state index contributed by atoms with van der Waals surface area (Å²) in [5.41, 5.74) is 5.29. The first kappa shape index (κ1) is 13.9. The Morgan fingerprint density at radius 2 is 2.00 bits per heavy atom. The Bertz CT molecular complexity index is 660. The van der Waals surface area contributed by atoms with Gasteiger partial charge in [0, 0.05) is 16.9 Å². The third-order valence-electron chi connectivity index (χ3n) is 2.43. The van der Waals surface area contributed by atoms with Gasteiger partial charge in [0.25, 0.3) is 0 Å². The average molecular weight is 337 g/mol. The fourth-order valence-corrected chi connectivity index (χ4v) is 1.84. The minimum atomic E-state index is -1.19. The Morgan fingerprint density at radius 1 is 1.25 bits per heavy atom. The van der Waals surface area contributed by atoms with Gasteiger partial charge >= 0.3 is 12.0 Å². The topological polar surface area (TPSA) is 109 Å². The zero-order valence-electron chi connectivity index (χ0n) is 10.0. The predicted molar refractivity (Wildman–Crippen MR) is 74.9 cm³/mol. The smallest absolute Gasteiger partial charge is 0.337 e. The maximum Gasteiger partial charge on any atom is 0.337 e. The fraction of sp³-hybridized carbons (Fsp3) is 0. The predicted octanol–water partition coefficient (Wildman–Crippen LogP) is 2.15. The highest BCUT2D eigenvalue weighted by Crippen LogP contribution is 2.27. The van der Waals surface area contributed by atoms with E-state index in [1.165, 1.54) is 30.7 Å². The summed E-state index contributed by atoms with van der Waals surface area (Å²) in [6.07, 6.45) is 4.04. The van der Waals surface area contributed by atoms with Gasteiger partial charge in [-0.05, 0) is 34.1 Å². The number of carboxylic acid groups (broad SMARTS) is 1. The highest BCUT2D eigenvalue weighted by molar-refractivity contribution is 9.10. The molecule has 2 aromatic heterocycles. The largest absolute Gasteiger partial charge is 0.478 e. The standard InChI is InChI=1S/C12H9BrN4O3/c13-7-1-2-10(16-5-7)17(12(14)20)9-6-15-4-3-8(9)11(18)19/h1-6H,(H2,14,20)(H,18,19). The van der Waals surface area contributed by atoms with Gasteiger partial charge in [-0.1, -0.05) is 0 Å². The summed E-state index contributed by atoms with van der Waals surface area (Å²) in [6, 6.07) is 3.63. The number of rotatable bonds is 3. The number of urea groups is 1. The van der Waals surface area contributed by atoms with Crippen molar-refractivity contribution in [3.8, 4) is 0 Å². The number of aromatic carboxylic acids is 1. The summed E-state index contributed by atoms with van der Waals surface area (Å²) in [5, 5.41) is 9.15. The minimum absolute atomic E-state index is 0.0577. The van der Waals surface area contributed by atoms with Crippen molar-refractivity contribution in [1.82, 2.24) is 9.97 Å². The van der Waals surface area contributed by atoms with E-state index >= 15 is 0 Å². The Labute approximate surface area is 122 Å². The number of nitrogens with two attached hydrogens (primary N) is 1. The highest BCUT2D eigenvalue weighted by Gasteiger charge is 2.22. The van der Waals surface area contributed by atoms with Crippen LogP contribution in [-0.4, -0.2) is 27.1 Å². The summed E-state index contributed by atoms with van der Waals surface area (Å²) in [4.78, 5) is 31.7. The molecule has 2 heterocycles. The lowest BCUT2D eigenvalue weighted by molar-refractivity contribution is 0.0697. The fourth-order valence-electron chi connectivity index (χ4n) is 1.60. The lowest BCUT2D eigenvalue weighted by Crippen LogP contribution is -2.33. The van der Waals surface area contributed by atoms with Gasteiger partial charge in [0.2, 0.25) is 0 Å². The van der Waals surface area contributed by atoms with Gasteiger partial charge in [0.15, 0.2) is 0 Å². The molecule has 0 saturated carbocycles. The molecule has 2 rings (SSSR count). The molecule has 0 fully saturated rings. The van der Waals surface area contributed by atoms with Crippen LogP contribution in [0.3, 0.4) is 0 Å². The molecule has 20 heavy (non-hydrogen) atoms. The van der Waals surface area contributed by atoms with E-state index in [4.69, 9.17) is 10.8 Å². The van der Waals surface area contributed by atoms with E-state index in [1.54, 1.807) is 6.07 Å². The van der Waals surface area contributed by atoms with Gasteiger partial charge in [-0.3, -0.25) is 4.98 Å². The van der Waals surface area contributed by atoms with Crippen molar-refractivity contribution in [2.75, 3.05) is 4.90 Å². The molecule has 7 nitrogen and oxygen atoms in total. The van der Waals surface area contributed by atoms with Crippen LogP contribution >= 0.6 is 15.9 Å². The molecule has 0 radical (unpaired) electrons. The first-order chi connectivity index (χ1) is 9.50. The van der Waals surface area contributed by atoms with Crippen molar-refractivity contribution >= 4 is 39.4 Å². The number of carboxylic acids is 1. The number of hydrogen-bond acceptors (Lipinski definition) is 4. The first-order valence-corrected chi connectivity index (χ1v) is 6.18. The van der Waals surface area contributed by atoms with E-state index in [0.717, 1.165) is 9.37 Å². The van der Waals surface area contributed by atoms with Crippen LogP contribution in [0.5, 0.6) is 0 Å². The number of primary amides is 1. The van der Waals surface area contributed by atoms with E-state index < -0.39 is 12.0 Å². The van der Waals surface area contributed by atoms with Crippen LogP contribution in [0, 0.1) is 0 Å². The number of halogens is 1. The van der Waals surface area contributed by atoms with Crippen LogP contribution in [0.25, 0.3) is 0 Å². The van der Waals surface area contributed by atoms with Crippen molar-refractivity contribution in [2.24, 2.45) is 5.73 Å². The lowest BCUT2D eigenvalue weighted by atomic mass is 10.2. The number of nitrogens with zero attached hydrogens (tertiary/aromatic N) is 3. The minimum Gasteiger partial charge on any atom is -0.478 e. The highest BCUT2D eigenvalue weighted by atomic mass is 79.9. The number of hydrogen-bond donors (Lipinski definition) is 2. The lowest BCUT2D eigenvalue weighted by Gasteiger charge is -2.20. The molecule has 2 amide bonds. The van der Waals surface area contributed by atoms with Crippen LogP contribution in [0.2, 0.25) is 0 Å². The van der Waals surface area contributed by atoms with Crippen molar-refractivity contribution in [1.29, 1.82) is 0 Å². The van der Waals surface area contributed by atoms with Crippen molar-refractivity contribution < 1.29 is 14.7 Å². The molecule has 0 unspecified atom stereocenters. The molecule has 0 aliphatic heterocycles. The van der Waals surface area contributed by atoms with Crippen molar-refractivity contribution in [3.05, 3.63) is 46.8 Å². The van der Waals surface area contributed by atoms with Crippen LogP contribution in [0.4, 0.5) is 16.3 Å². The Hall–Kier alpha value is -2.48. The Morgan fingerprint density at radius 3 is 2.55 bits per heavy atom. The molecule has 102 valence electrons. The van der Waals surface area contributed by atoms with Gasteiger partial charge in [0.05, 0.1) is 17.4 Å². The summed E-state index contributed by atoms with van der Waals surface area (Å²) in [5.74, 6) is -0.984. The molecule has 0 atom stereocenters. The second kappa shape index (κ2) is 5.66. The number of anilines is 2. The third kappa shape index (κ3) is 2.75. The molecule has 0 aromatic carbocycles. The zero-order chi connectivity index (χ0) is 14.7. The molecular formula is C12H9BrN4O3. The summed E-state index contributed by atoms with van der Waals surface area (Å²) in [7, 11) is 0. The zero-order valence-corrected chi connectivity index (χ0v) is 11.6. The molecular weight excluding hydrogens is 328 g/mol. The molecule has 2 aromatic rings. The van der Waals surface area contributed by atoms with Crippen LogP contribution < -0.4 is 10.6 Å². The van der Waals surface area contributed by atoms with Crippen molar-refractivity contribution in [3.63, 3.8) is 0 Å². The molecule has 0 bridgehead atoms. The second-order valence-electron chi connectivity index (χ2n) is 3.71. The molecule has 0 aliphatic rings. The van der Waals surface area contributed by atoms with Gasteiger partial charge in [0.1, 0.15) is 5.82 Å². The number of carbonyl (C=O) groups is 2. The molecule has 8 heteroatoms. The number of amides is 2. The number of aromatic nitrogens is 2. The number of pyridine rings is 2. The second-order valence-corrected chi connectivity index (χ2v) is 4.62. The third-order valence-corrected chi connectivity index (χ3v) is 2.90. The van der Waals surface area contributed by atoms with E-state index in [-0.39, 0.29) is 17.1 Å². The van der Waals surface area contributed by atoms with Crippen LogP contribution in [0.15, 0.2) is 41.3 Å². The quantitative estimate of drug-likeness (QED) is 0.892. The van der Waals surface area contributed by atoms with Gasteiger partial charge in [-0.2, -0.15) is 0 Å². The molecule has 0 saturated heterocycles. The normalized spacial score (nSPS) is 10.1. The van der Waals surface area contributed by atoms with Crippen LogP contribution in [-0.2, 0) is 0 Å². The van der Waals surface area contributed by atoms with Gasteiger partial charge in [-0.15, -0.1) is 0 Å². The van der Waals surface area contributed by atoms with E-state index in [2.05, 4.69) is 25.9 Å². The first-order valence-electron chi connectivity index (χ1n) is 5.39. The summed E-state index contributed by atoms with van der Waals surface area (Å²) >= 11 is 3.22. The summed E-state index contributed by atoms with van der Waals surface area (Å²) in [6.45, 7) is 0. The monoisotopic (exact) mass is 336 g/mol. The Balaban J connectivity index is 2.58. The van der Waals surface area contributed by atoms with Gasteiger partial charge in [-0.25, -0.2) is 19.5 Å². The Kier molecular flexibility index (Phi) is 3.94. The van der Waals surface area contributed by atoms with Crippen LogP contribution in [0.1, 0.15) is 10.4 Å². The summed E-state index contributed by atoms with van der Waals surface area (Å²) < 4.78 is 0.718. The molecule has 3 N–H and O–H groups in total. The molecule has 0 aliphatic carbocycles. The van der Waals surface area contributed by atoms with Gasteiger partial charge < -0.3 is 10.8 Å².